The average Bonchev–Trinajstić information content (AvgIpc) is 2.94. The van der Waals surface area contributed by atoms with Gasteiger partial charge in [-0.05, 0) is 29.8 Å². The minimum absolute atomic E-state index is 0.240. The second-order valence-electron chi connectivity index (χ2n) is 5.27. The lowest BCUT2D eigenvalue weighted by Crippen LogP contribution is -2.25. The Morgan fingerprint density at radius 3 is 2.74 bits per heavy atom. The van der Waals surface area contributed by atoms with E-state index in [1.165, 1.54) is 12.1 Å². The quantitative estimate of drug-likeness (QED) is 0.804. The number of benzene rings is 1. The Labute approximate surface area is 132 Å². The topological polar surface area (TPSA) is 64.6 Å². The number of nitriles is 1. The highest BCUT2D eigenvalue weighted by Gasteiger charge is 2.18. The minimum atomic E-state index is -0.808. The number of aliphatic hydroxyl groups is 1. The molecule has 1 atom stereocenters. The fourth-order valence-corrected chi connectivity index (χ4v) is 2.49. The Morgan fingerprint density at radius 2 is 2.04 bits per heavy atom. The zero-order valence-electron chi connectivity index (χ0n) is 12.5. The molecule has 23 heavy (non-hydrogen) atoms. The monoisotopic (exact) mass is 310 g/mol. The molecular formula is C17H15FN4O. The maximum absolute atomic E-state index is 13.0. The minimum Gasteiger partial charge on any atom is -0.387 e. The van der Waals surface area contributed by atoms with E-state index in [0.29, 0.717) is 22.7 Å². The van der Waals surface area contributed by atoms with Gasteiger partial charge >= 0.3 is 0 Å². The molecule has 0 spiro atoms. The van der Waals surface area contributed by atoms with Crippen LogP contribution in [0.4, 0.5) is 10.2 Å². The fraction of sp³-hybridized carbons (Fsp3) is 0.176. The van der Waals surface area contributed by atoms with E-state index >= 15 is 0 Å². The number of aromatic nitrogens is 2. The highest BCUT2D eigenvalue weighted by atomic mass is 19.1. The summed E-state index contributed by atoms with van der Waals surface area (Å²) in [6.07, 6.45) is 0.964. The number of fused-ring (bicyclic) bond motifs is 1. The van der Waals surface area contributed by atoms with Gasteiger partial charge in [0.1, 0.15) is 17.5 Å². The molecule has 1 N–H and O–H groups in total. The second kappa shape index (κ2) is 6.07. The lowest BCUT2D eigenvalue weighted by Gasteiger charge is -2.21. The van der Waals surface area contributed by atoms with Gasteiger partial charge in [-0.15, -0.1) is 0 Å². The number of nitrogens with zero attached hydrogens (tertiary/aromatic N) is 4. The summed E-state index contributed by atoms with van der Waals surface area (Å²) < 4.78 is 14.7. The van der Waals surface area contributed by atoms with Crippen LogP contribution < -0.4 is 4.90 Å². The van der Waals surface area contributed by atoms with Crippen molar-refractivity contribution in [2.24, 2.45) is 0 Å². The molecule has 0 saturated heterocycles. The van der Waals surface area contributed by atoms with E-state index in [9.17, 15) is 14.8 Å². The molecular weight excluding hydrogens is 295 g/mol. The normalized spacial score (nSPS) is 12.1. The van der Waals surface area contributed by atoms with Crippen molar-refractivity contribution < 1.29 is 9.50 Å². The number of likely N-dealkylation sites (N-methyl/N-ethyl adjacent to an activating group) is 1. The number of halogens is 1. The predicted molar refractivity (Wildman–Crippen MR) is 84.5 cm³/mol. The van der Waals surface area contributed by atoms with E-state index in [1.807, 2.05) is 18.2 Å². The maximum atomic E-state index is 13.0. The molecule has 0 bridgehead atoms. The Hall–Kier alpha value is -2.91. The van der Waals surface area contributed by atoms with Gasteiger partial charge < -0.3 is 10.0 Å². The van der Waals surface area contributed by atoms with Gasteiger partial charge in [-0.3, -0.25) is 4.40 Å². The van der Waals surface area contributed by atoms with Gasteiger partial charge in [-0.1, -0.05) is 18.2 Å². The third-order valence-corrected chi connectivity index (χ3v) is 3.68. The summed E-state index contributed by atoms with van der Waals surface area (Å²) in [6.45, 7) is 0.240. The van der Waals surface area contributed by atoms with Gasteiger partial charge in [0.15, 0.2) is 11.5 Å². The third-order valence-electron chi connectivity index (χ3n) is 3.68. The smallest absolute Gasteiger partial charge is 0.169 e. The van der Waals surface area contributed by atoms with Crippen molar-refractivity contribution in [2.45, 2.75) is 6.10 Å². The van der Waals surface area contributed by atoms with Gasteiger partial charge in [0.05, 0.1) is 6.10 Å². The molecule has 6 heteroatoms. The summed E-state index contributed by atoms with van der Waals surface area (Å²) >= 11 is 0. The molecule has 1 aromatic carbocycles. The Kier molecular flexibility index (Phi) is 3.96. The molecule has 0 aliphatic rings. The lowest BCUT2D eigenvalue weighted by molar-refractivity contribution is 0.184. The van der Waals surface area contributed by atoms with Crippen molar-refractivity contribution in [1.29, 1.82) is 5.26 Å². The molecule has 3 aromatic rings. The van der Waals surface area contributed by atoms with E-state index < -0.39 is 6.10 Å². The molecule has 2 heterocycles. The highest BCUT2D eigenvalue weighted by molar-refractivity contribution is 5.60. The number of anilines is 1. The Morgan fingerprint density at radius 1 is 1.30 bits per heavy atom. The van der Waals surface area contributed by atoms with Crippen LogP contribution in [0.25, 0.3) is 5.65 Å². The van der Waals surface area contributed by atoms with Gasteiger partial charge in [-0.25, -0.2) is 9.37 Å². The Balaban J connectivity index is 1.87. The van der Waals surface area contributed by atoms with Crippen molar-refractivity contribution >= 4 is 11.5 Å². The number of pyridine rings is 1. The van der Waals surface area contributed by atoms with Crippen LogP contribution >= 0.6 is 0 Å². The zero-order chi connectivity index (χ0) is 16.4. The van der Waals surface area contributed by atoms with Crippen LogP contribution in [-0.4, -0.2) is 28.1 Å². The van der Waals surface area contributed by atoms with Crippen molar-refractivity contribution in [1.82, 2.24) is 9.38 Å². The molecule has 0 fully saturated rings. The van der Waals surface area contributed by atoms with E-state index in [1.54, 1.807) is 34.7 Å². The average molecular weight is 310 g/mol. The zero-order valence-corrected chi connectivity index (χ0v) is 12.5. The summed E-state index contributed by atoms with van der Waals surface area (Å²) in [4.78, 5) is 6.16. The van der Waals surface area contributed by atoms with E-state index in [2.05, 4.69) is 11.1 Å². The standard InChI is InChI=1S/C17H15FN4O/c1-21(11-15(23)12-5-7-13(18)8-6-12)17-14(10-19)22-9-3-2-4-16(22)20-17/h2-9,15,23H,11H2,1H3/t15-/m0/s1. The van der Waals surface area contributed by atoms with Crippen LogP contribution in [0.5, 0.6) is 0 Å². The van der Waals surface area contributed by atoms with Gasteiger partial charge in [-0.2, -0.15) is 5.26 Å². The molecule has 0 aliphatic carbocycles. The van der Waals surface area contributed by atoms with Crippen LogP contribution in [0, 0.1) is 17.1 Å². The van der Waals surface area contributed by atoms with Crippen LogP contribution in [0.1, 0.15) is 17.4 Å². The first kappa shape index (κ1) is 15.0. The molecule has 0 amide bonds. The number of hydrogen-bond donors (Lipinski definition) is 1. The molecule has 116 valence electrons. The first-order valence-corrected chi connectivity index (χ1v) is 7.12. The number of hydrogen-bond acceptors (Lipinski definition) is 4. The summed E-state index contributed by atoms with van der Waals surface area (Å²) in [6, 6.07) is 13.3. The first-order chi connectivity index (χ1) is 11.1. The van der Waals surface area contributed by atoms with Gasteiger partial charge in [0, 0.05) is 19.8 Å². The predicted octanol–water partition coefficient (Wildman–Crippen LogP) is 2.51. The van der Waals surface area contributed by atoms with Crippen LogP contribution in [0.3, 0.4) is 0 Å². The van der Waals surface area contributed by atoms with Crippen molar-refractivity contribution in [3.8, 4) is 6.07 Å². The summed E-state index contributed by atoms with van der Waals surface area (Å²) in [5.74, 6) is 0.154. The molecule has 0 aliphatic heterocycles. The van der Waals surface area contributed by atoms with Gasteiger partial charge in [0.25, 0.3) is 0 Å². The van der Waals surface area contributed by atoms with Crippen molar-refractivity contribution in [3.05, 3.63) is 65.7 Å². The number of imidazole rings is 1. The van der Waals surface area contributed by atoms with Crippen molar-refractivity contribution in [2.75, 3.05) is 18.5 Å². The molecule has 0 unspecified atom stereocenters. The molecule has 5 nitrogen and oxygen atoms in total. The summed E-state index contributed by atoms with van der Waals surface area (Å²) in [5.41, 5.74) is 1.69. The molecule has 0 radical (unpaired) electrons. The van der Waals surface area contributed by atoms with Crippen LogP contribution in [0.15, 0.2) is 48.7 Å². The molecule has 3 rings (SSSR count). The van der Waals surface area contributed by atoms with E-state index in [0.717, 1.165) is 0 Å². The lowest BCUT2D eigenvalue weighted by atomic mass is 10.1. The maximum Gasteiger partial charge on any atom is 0.169 e. The third kappa shape index (κ3) is 2.87. The summed E-state index contributed by atoms with van der Waals surface area (Å²) in [5, 5.41) is 19.7. The fourth-order valence-electron chi connectivity index (χ4n) is 2.49. The largest absolute Gasteiger partial charge is 0.387 e. The number of aliphatic hydroxyl groups excluding tert-OH is 1. The Bertz CT molecular complexity index is 866. The first-order valence-electron chi connectivity index (χ1n) is 7.12. The van der Waals surface area contributed by atoms with E-state index in [4.69, 9.17) is 0 Å². The van der Waals surface area contributed by atoms with Gasteiger partial charge in [0.2, 0.25) is 0 Å². The summed E-state index contributed by atoms with van der Waals surface area (Å²) in [7, 11) is 1.76. The van der Waals surface area contributed by atoms with Crippen LogP contribution in [0.2, 0.25) is 0 Å². The SMILES string of the molecule is CN(C[C@H](O)c1ccc(F)cc1)c1nc2ccccn2c1C#N. The second-order valence-corrected chi connectivity index (χ2v) is 5.27. The highest BCUT2D eigenvalue weighted by Crippen LogP contribution is 2.23. The number of rotatable bonds is 4. The molecule has 0 saturated carbocycles. The molecule has 2 aromatic heterocycles. The van der Waals surface area contributed by atoms with Crippen LogP contribution in [-0.2, 0) is 0 Å². The van der Waals surface area contributed by atoms with Crippen molar-refractivity contribution in [3.63, 3.8) is 0 Å². The van der Waals surface area contributed by atoms with E-state index in [-0.39, 0.29) is 12.4 Å².